The van der Waals surface area contributed by atoms with Crippen LogP contribution in [-0.2, 0) is 0 Å². The van der Waals surface area contributed by atoms with E-state index in [1.165, 1.54) is 11.3 Å². The van der Waals surface area contributed by atoms with E-state index >= 15 is 0 Å². The summed E-state index contributed by atoms with van der Waals surface area (Å²) < 4.78 is 0. The van der Waals surface area contributed by atoms with Crippen molar-refractivity contribution in [1.82, 2.24) is 20.3 Å². The first-order valence-corrected chi connectivity index (χ1v) is 9.96. The largest absolute Gasteiger partial charge is 0.331 e. The molecule has 2 heterocycles. The Morgan fingerprint density at radius 2 is 1.86 bits per heavy atom. The van der Waals surface area contributed by atoms with E-state index in [1.54, 1.807) is 29.1 Å². The van der Waals surface area contributed by atoms with E-state index in [2.05, 4.69) is 20.8 Å². The molecule has 0 bridgehead atoms. The van der Waals surface area contributed by atoms with Crippen molar-refractivity contribution >= 4 is 62.9 Å². The average Bonchev–Trinajstić information content (AvgIpc) is 3.32. The molecule has 2 aromatic heterocycles. The van der Waals surface area contributed by atoms with Gasteiger partial charge < -0.3 is 5.32 Å². The Bertz CT molecular complexity index is 1170. The summed E-state index contributed by atoms with van der Waals surface area (Å²) in [5.74, 6) is -0.269. The van der Waals surface area contributed by atoms with Gasteiger partial charge in [0, 0.05) is 0 Å². The van der Waals surface area contributed by atoms with E-state index in [9.17, 15) is 4.79 Å². The van der Waals surface area contributed by atoms with Gasteiger partial charge in [-0.3, -0.25) is 10.1 Å². The lowest BCUT2D eigenvalue weighted by Crippen LogP contribution is -2.33. The molecule has 0 saturated carbocycles. The summed E-state index contributed by atoms with van der Waals surface area (Å²) in [6, 6.07) is 14.9. The standard InChI is InChI=1S/C19H14ClN5OS2/c1-11-4-6-12(7-5-11)25-23-15-9-13(20)14(10-16(15)24-25)21-19(27)22-18(26)17-3-2-8-28-17/h2-10H,1H3,(H2,21,22,26,27). The number of benzene rings is 2. The van der Waals surface area contributed by atoms with Crippen LogP contribution in [0.25, 0.3) is 16.7 Å². The summed E-state index contributed by atoms with van der Waals surface area (Å²) in [6.07, 6.45) is 0. The first kappa shape index (κ1) is 18.5. The lowest BCUT2D eigenvalue weighted by molar-refractivity contribution is 0.0981. The number of rotatable bonds is 3. The number of carbonyl (C=O) groups excluding carboxylic acids is 1. The van der Waals surface area contributed by atoms with Gasteiger partial charge in [0.1, 0.15) is 11.0 Å². The van der Waals surface area contributed by atoms with E-state index in [-0.39, 0.29) is 11.0 Å². The number of hydrogen-bond acceptors (Lipinski definition) is 5. The van der Waals surface area contributed by atoms with E-state index in [0.717, 1.165) is 11.3 Å². The molecular weight excluding hydrogens is 414 g/mol. The third-order valence-electron chi connectivity index (χ3n) is 3.95. The number of aromatic nitrogens is 3. The molecule has 0 saturated heterocycles. The van der Waals surface area contributed by atoms with Gasteiger partial charge in [-0.15, -0.1) is 21.5 Å². The van der Waals surface area contributed by atoms with Crippen LogP contribution in [0.15, 0.2) is 53.9 Å². The number of halogens is 1. The van der Waals surface area contributed by atoms with Crippen LogP contribution in [0.5, 0.6) is 0 Å². The Kier molecular flexibility index (Phi) is 5.08. The summed E-state index contributed by atoms with van der Waals surface area (Å²) >= 11 is 12.9. The van der Waals surface area contributed by atoms with Crippen molar-refractivity contribution in [2.75, 3.05) is 5.32 Å². The molecule has 4 rings (SSSR count). The van der Waals surface area contributed by atoms with Gasteiger partial charge in [-0.2, -0.15) is 4.80 Å². The number of anilines is 1. The molecule has 0 radical (unpaired) electrons. The predicted octanol–water partition coefficient (Wildman–Crippen LogP) is 4.57. The maximum Gasteiger partial charge on any atom is 0.267 e. The second-order valence-corrected chi connectivity index (χ2v) is 7.79. The molecule has 0 aliphatic carbocycles. The van der Waals surface area contributed by atoms with Gasteiger partial charge in [-0.25, -0.2) is 0 Å². The van der Waals surface area contributed by atoms with Crippen LogP contribution < -0.4 is 10.6 Å². The zero-order chi connectivity index (χ0) is 19.7. The molecule has 1 amide bonds. The van der Waals surface area contributed by atoms with Crippen molar-refractivity contribution in [3.8, 4) is 5.69 Å². The topological polar surface area (TPSA) is 71.8 Å². The molecule has 2 aromatic carbocycles. The second kappa shape index (κ2) is 7.67. The first-order chi connectivity index (χ1) is 13.5. The van der Waals surface area contributed by atoms with Crippen molar-refractivity contribution in [2.45, 2.75) is 6.92 Å². The van der Waals surface area contributed by atoms with Gasteiger partial charge in [-0.05, 0) is 54.9 Å². The van der Waals surface area contributed by atoms with Crippen LogP contribution in [0.2, 0.25) is 5.02 Å². The number of nitrogens with one attached hydrogen (secondary N) is 2. The van der Waals surface area contributed by atoms with E-state index in [1.807, 2.05) is 36.6 Å². The monoisotopic (exact) mass is 427 g/mol. The highest BCUT2D eigenvalue weighted by Crippen LogP contribution is 2.27. The summed E-state index contributed by atoms with van der Waals surface area (Å²) in [5, 5.41) is 17.0. The summed E-state index contributed by atoms with van der Waals surface area (Å²) in [6.45, 7) is 2.02. The number of nitrogens with zero attached hydrogens (tertiary/aromatic N) is 3. The summed E-state index contributed by atoms with van der Waals surface area (Å²) in [7, 11) is 0. The molecule has 0 fully saturated rings. The third kappa shape index (κ3) is 3.89. The summed E-state index contributed by atoms with van der Waals surface area (Å²) in [5.41, 5.74) is 3.87. The van der Waals surface area contributed by atoms with Gasteiger partial charge in [-0.1, -0.05) is 35.4 Å². The smallest absolute Gasteiger partial charge is 0.267 e. The minimum absolute atomic E-state index is 0.158. The van der Waals surface area contributed by atoms with Gasteiger partial charge in [0.05, 0.1) is 21.3 Å². The zero-order valence-electron chi connectivity index (χ0n) is 14.6. The second-order valence-electron chi connectivity index (χ2n) is 6.03. The number of thiocarbonyl (C=S) groups is 1. The van der Waals surface area contributed by atoms with Crippen LogP contribution in [-0.4, -0.2) is 26.0 Å². The molecule has 0 aliphatic heterocycles. The van der Waals surface area contributed by atoms with Gasteiger partial charge in [0.2, 0.25) is 0 Å². The Labute approximate surface area is 175 Å². The molecule has 0 atom stereocenters. The molecule has 4 aromatic rings. The molecule has 2 N–H and O–H groups in total. The van der Waals surface area contributed by atoms with Crippen LogP contribution in [0.3, 0.4) is 0 Å². The Morgan fingerprint density at radius 1 is 1.14 bits per heavy atom. The number of fused-ring (bicyclic) bond motifs is 1. The number of hydrogen-bond donors (Lipinski definition) is 2. The Hall–Kier alpha value is -2.81. The van der Waals surface area contributed by atoms with Crippen molar-refractivity contribution in [1.29, 1.82) is 0 Å². The molecule has 0 aliphatic rings. The van der Waals surface area contributed by atoms with Crippen molar-refractivity contribution in [3.63, 3.8) is 0 Å². The van der Waals surface area contributed by atoms with Crippen molar-refractivity contribution < 1.29 is 4.79 Å². The molecule has 9 heteroatoms. The van der Waals surface area contributed by atoms with E-state index < -0.39 is 0 Å². The fourth-order valence-corrected chi connectivity index (χ4v) is 3.58. The molecule has 140 valence electrons. The highest BCUT2D eigenvalue weighted by Gasteiger charge is 2.13. The predicted molar refractivity (Wildman–Crippen MR) is 117 cm³/mol. The molecule has 0 spiro atoms. The zero-order valence-corrected chi connectivity index (χ0v) is 17.0. The minimum atomic E-state index is -0.269. The van der Waals surface area contributed by atoms with Crippen LogP contribution in [0, 0.1) is 6.92 Å². The van der Waals surface area contributed by atoms with Gasteiger partial charge in [0.15, 0.2) is 5.11 Å². The fourth-order valence-electron chi connectivity index (χ4n) is 2.55. The lowest BCUT2D eigenvalue weighted by Gasteiger charge is -2.10. The highest BCUT2D eigenvalue weighted by molar-refractivity contribution is 7.80. The molecular formula is C19H14ClN5OS2. The van der Waals surface area contributed by atoms with Crippen LogP contribution >= 0.6 is 35.2 Å². The lowest BCUT2D eigenvalue weighted by atomic mass is 10.2. The SMILES string of the molecule is Cc1ccc(-n2nc3cc(Cl)c(NC(=S)NC(=O)c4cccs4)cc3n2)cc1. The normalized spacial score (nSPS) is 10.8. The van der Waals surface area contributed by atoms with Crippen LogP contribution in [0.4, 0.5) is 5.69 Å². The quantitative estimate of drug-likeness (QED) is 0.468. The van der Waals surface area contributed by atoms with Crippen LogP contribution in [0.1, 0.15) is 15.2 Å². The maximum absolute atomic E-state index is 12.1. The van der Waals surface area contributed by atoms with E-state index in [4.69, 9.17) is 23.8 Å². The van der Waals surface area contributed by atoms with Gasteiger partial charge in [0.25, 0.3) is 5.91 Å². The molecule has 28 heavy (non-hydrogen) atoms. The first-order valence-electron chi connectivity index (χ1n) is 8.29. The Morgan fingerprint density at radius 3 is 2.54 bits per heavy atom. The number of carbonyl (C=O) groups is 1. The van der Waals surface area contributed by atoms with E-state index in [0.29, 0.717) is 26.6 Å². The molecule has 6 nitrogen and oxygen atoms in total. The Balaban J connectivity index is 1.56. The minimum Gasteiger partial charge on any atom is -0.331 e. The number of thiophene rings is 1. The number of amides is 1. The maximum atomic E-state index is 12.1. The average molecular weight is 428 g/mol. The van der Waals surface area contributed by atoms with Gasteiger partial charge >= 0.3 is 0 Å². The fraction of sp³-hybridized carbons (Fsp3) is 0.0526. The number of aryl methyl sites for hydroxylation is 1. The third-order valence-corrected chi connectivity index (χ3v) is 5.34. The van der Waals surface area contributed by atoms with Crippen molar-refractivity contribution in [3.05, 3.63) is 69.4 Å². The summed E-state index contributed by atoms with van der Waals surface area (Å²) in [4.78, 5) is 14.2. The highest BCUT2D eigenvalue weighted by atomic mass is 35.5. The molecule has 0 unspecified atom stereocenters. The van der Waals surface area contributed by atoms with Crippen molar-refractivity contribution in [2.24, 2.45) is 0 Å².